The predicted octanol–water partition coefficient (Wildman–Crippen LogP) is 4.25. The van der Waals surface area contributed by atoms with Crippen molar-refractivity contribution in [2.45, 2.75) is 33.6 Å². The van der Waals surface area contributed by atoms with E-state index < -0.39 is 0 Å². The highest BCUT2D eigenvalue weighted by atomic mass is 16.2. The quantitative estimate of drug-likeness (QED) is 0.618. The normalized spacial score (nSPS) is 16.7. The topological polar surface area (TPSA) is 69.3 Å². The van der Waals surface area contributed by atoms with Gasteiger partial charge in [0.05, 0.1) is 17.7 Å². The molecule has 172 valence electrons. The number of hydrogen-bond acceptors (Lipinski definition) is 3. The van der Waals surface area contributed by atoms with Gasteiger partial charge in [-0.25, -0.2) is 0 Å². The monoisotopic (exact) mass is 444 g/mol. The van der Waals surface area contributed by atoms with E-state index in [0.717, 1.165) is 28.8 Å². The number of nitrogens with one attached hydrogen (secondary N) is 1. The number of benzene rings is 2. The maximum absolute atomic E-state index is 13.5. The number of carbonyl (C=O) groups is 2. The van der Waals surface area contributed by atoms with Crippen LogP contribution in [0, 0.1) is 19.8 Å². The van der Waals surface area contributed by atoms with E-state index >= 15 is 0 Å². The van der Waals surface area contributed by atoms with E-state index in [1.54, 1.807) is 6.20 Å². The minimum absolute atomic E-state index is 0.0655. The number of nitrogens with zero attached hydrogens (tertiary/aromatic N) is 3. The Morgan fingerprint density at radius 1 is 1.09 bits per heavy atom. The number of amides is 2. The van der Waals surface area contributed by atoms with Crippen LogP contribution in [0.15, 0.2) is 54.7 Å². The fraction of sp³-hybridized carbons (Fsp3) is 0.370. The number of aromatic amines is 1. The van der Waals surface area contributed by atoms with Gasteiger partial charge in [-0.3, -0.25) is 14.7 Å². The van der Waals surface area contributed by atoms with E-state index in [9.17, 15) is 9.59 Å². The molecule has 4 rings (SSSR count). The van der Waals surface area contributed by atoms with Gasteiger partial charge >= 0.3 is 0 Å². The summed E-state index contributed by atoms with van der Waals surface area (Å²) in [5.74, 6) is -0.221. The third kappa shape index (κ3) is 5.00. The van der Waals surface area contributed by atoms with Gasteiger partial charge in [0, 0.05) is 31.9 Å². The average Bonchev–Trinajstić information content (AvgIpc) is 3.19. The number of aryl methyl sites for hydroxylation is 2. The average molecular weight is 445 g/mol. The van der Waals surface area contributed by atoms with Gasteiger partial charge < -0.3 is 9.80 Å². The van der Waals surface area contributed by atoms with Crippen molar-refractivity contribution < 1.29 is 9.59 Å². The summed E-state index contributed by atoms with van der Waals surface area (Å²) in [4.78, 5) is 30.5. The van der Waals surface area contributed by atoms with Crippen molar-refractivity contribution in [3.05, 3.63) is 77.1 Å². The van der Waals surface area contributed by atoms with Crippen LogP contribution < -0.4 is 0 Å². The van der Waals surface area contributed by atoms with Gasteiger partial charge in [0.25, 0.3) is 5.91 Å². The molecule has 2 heterocycles. The molecule has 1 N–H and O–H groups in total. The van der Waals surface area contributed by atoms with Crippen LogP contribution in [0.4, 0.5) is 0 Å². The second-order valence-electron chi connectivity index (χ2n) is 8.91. The summed E-state index contributed by atoms with van der Waals surface area (Å²) in [5, 5.41) is 6.86. The van der Waals surface area contributed by atoms with Gasteiger partial charge in [0.2, 0.25) is 5.91 Å². The molecule has 0 spiro atoms. The minimum Gasteiger partial charge on any atom is -0.341 e. The Kier molecular flexibility index (Phi) is 6.92. The third-order valence-electron chi connectivity index (χ3n) is 6.43. The van der Waals surface area contributed by atoms with Crippen molar-refractivity contribution in [2.75, 3.05) is 26.2 Å². The highest BCUT2D eigenvalue weighted by Gasteiger charge is 2.33. The van der Waals surface area contributed by atoms with Crippen LogP contribution in [-0.4, -0.2) is 58.0 Å². The van der Waals surface area contributed by atoms with Gasteiger partial charge in [0.1, 0.15) is 0 Å². The molecule has 1 saturated heterocycles. The molecule has 1 aromatic heterocycles. The fourth-order valence-corrected chi connectivity index (χ4v) is 4.59. The Labute approximate surface area is 195 Å². The lowest BCUT2D eigenvalue weighted by molar-refractivity contribution is -0.134. The van der Waals surface area contributed by atoms with E-state index in [1.807, 2.05) is 28.9 Å². The first kappa shape index (κ1) is 22.8. The zero-order valence-electron chi connectivity index (χ0n) is 19.7. The lowest BCUT2D eigenvalue weighted by Gasteiger charge is -2.24. The first-order chi connectivity index (χ1) is 16.0. The van der Waals surface area contributed by atoms with E-state index in [4.69, 9.17) is 0 Å². The molecule has 0 aliphatic carbocycles. The summed E-state index contributed by atoms with van der Waals surface area (Å²) in [7, 11) is 0. The molecule has 1 fully saturated rings. The molecule has 1 aliphatic heterocycles. The summed E-state index contributed by atoms with van der Waals surface area (Å²) in [6.07, 6.45) is 3.07. The van der Waals surface area contributed by atoms with Crippen molar-refractivity contribution in [2.24, 2.45) is 5.92 Å². The molecule has 1 atom stereocenters. The van der Waals surface area contributed by atoms with Crippen molar-refractivity contribution in [3.63, 3.8) is 0 Å². The molecule has 6 nitrogen and oxygen atoms in total. The van der Waals surface area contributed by atoms with Crippen molar-refractivity contribution >= 4 is 11.8 Å². The lowest BCUT2D eigenvalue weighted by atomic mass is 9.91. The van der Waals surface area contributed by atoms with Crippen LogP contribution in [0.1, 0.15) is 40.5 Å². The molecular weight excluding hydrogens is 412 g/mol. The molecule has 3 aromatic rings. The number of hydrogen-bond donors (Lipinski definition) is 1. The first-order valence-electron chi connectivity index (χ1n) is 11.7. The molecule has 0 bridgehead atoms. The van der Waals surface area contributed by atoms with Crippen molar-refractivity contribution in [1.82, 2.24) is 20.0 Å². The van der Waals surface area contributed by atoms with E-state index in [1.165, 1.54) is 5.56 Å². The van der Waals surface area contributed by atoms with E-state index in [-0.39, 0.29) is 17.7 Å². The maximum atomic E-state index is 13.5. The summed E-state index contributed by atoms with van der Waals surface area (Å²) in [5.41, 5.74) is 5.95. The van der Waals surface area contributed by atoms with Crippen molar-refractivity contribution in [1.29, 1.82) is 0 Å². The Morgan fingerprint density at radius 3 is 2.55 bits per heavy atom. The summed E-state index contributed by atoms with van der Waals surface area (Å²) in [6.45, 7) is 8.22. The number of H-pyrrole nitrogens is 1. The largest absolute Gasteiger partial charge is 0.341 e. The first-order valence-corrected chi connectivity index (χ1v) is 11.7. The van der Waals surface area contributed by atoms with Crippen molar-refractivity contribution in [3.8, 4) is 11.1 Å². The van der Waals surface area contributed by atoms with Crippen LogP contribution in [0.5, 0.6) is 0 Å². The van der Waals surface area contributed by atoms with Gasteiger partial charge in [-0.1, -0.05) is 61.0 Å². The zero-order valence-corrected chi connectivity index (χ0v) is 19.7. The fourth-order valence-electron chi connectivity index (χ4n) is 4.59. The van der Waals surface area contributed by atoms with Crippen LogP contribution in [0.2, 0.25) is 0 Å². The standard InChI is InChI=1S/C27H32N4O2/c1-4-13-30-14-15-31(27(33)25-17-28-29-20(25)3)18-23(26(30)32)16-22-7-5-6-8-24(22)21-11-9-19(2)10-12-21/h5-12,17,23H,4,13-16,18H2,1-3H3,(H,28,29). The van der Waals surface area contributed by atoms with Crippen LogP contribution >= 0.6 is 0 Å². The summed E-state index contributed by atoms with van der Waals surface area (Å²) in [6, 6.07) is 16.8. The Bertz CT molecular complexity index is 1120. The van der Waals surface area contributed by atoms with E-state index in [0.29, 0.717) is 38.2 Å². The second kappa shape index (κ2) is 10.0. The molecule has 1 unspecified atom stereocenters. The lowest BCUT2D eigenvalue weighted by Crippen LogP contribution is -2.38. The molecule has 0 radical (unpaired) electrons. The smallest absolute Gasteiger partial charge is 0.257 e. The molecule has 33 heavy (non-hydrogen) atoms. The minimum atomic E-state index is -0.290. The van der Waals surface area contributed by atoms with Crippen LogP contribution in [0.25, 0.3) is 11.1 Å². The van der Waals surface area contributed by atoms with Gasteiger partial charge in [-0.15, -0.1) is 0 Å². The highest BCUT2D eigenvalue weighted by molar-refractivity contribution is 5.95. The Balaban J connectivity index is 1.64. The molecule has 6 heteroatoms. The number of carbonyl (C=O) groups excluding carboxylic acids is 2. The molecule has 1 aliphatic rings. The molecule has 2 aromatic carbocycles. The van der Waals surface area contributed by atoms with E-state index in [2.05, 4.69) is 60.4 Å². The Morgan fingerprint density at radius 2 is 1.85 bits per heavy atom. The number of rotatable bonds is 6. The summed E-state index contributed by atoms with van der Waals surface area (Å²) < 4.78 is 0. The third-order valence-corrected chi connectivity index (χ3v) is 6.43. The predicted molar refractivity (Wildman–Crippen MR) is 130 cm³/mol. The number of aromatic nitrogens is 2. The summed E-state index contributed by atoms with van der Waals surface area (Å²) >= 11 is 0. The van der Waals surface area contributed by atoms with Crippen LogP contribution in [0.3, 0.4) is 0 Å². The van der Waals surface area contributed by atoms with Crippen LogP contribution in [-0.2, 0) is 11.2 Å². The Hall–Kier alpha value is -3.41. The molecular formula is C27H32N4O2. The zero-order chi connectivity index (χ0) is 23.4. The second-order valence-corrected chi connectivity index (χ2v) is 8.91. The van der Waals surface area contributed by atoms with Gasteiger partial charge in [0.15, 0.2) is 0 Å². The molecule has 2 amide bonds. The van der Waals surface area contributed by atoms with Gasteiger partial charge in [-0.05, 0) is 43.4 Å². The van der Waals surface area contributed by atoms with Gasteiger partial charge in [-0.2, -0.15) is 5.10 Å². The highest BCUT2D eigenvalue weighted by Crippen LogP contribution is 2.28. The SMILES string of the molecule is CCCN1CCN(C(=O)c2cn[nH]c2C)CC(Cc2ccccc2-c2ccc(C)cc2)C1=O. The maximum Gasteiger partial charge on any atom is 0.257 e. The molecule has 0 saturated carbocycles.